The standard InChI is InChI=1S/C22H26N2O5S/c1-22(2)14-16(15-8-4-6-10-18(15)29-22)23-21(25)20-12-13-24(30(3,26)27)17-9-5-7-11-19(17)28-20/h4-11,16,20H,12-14H2,1-3H3,(H,23,25)/t16-,20+/m1/s1. The van der Waals surface area contributed by atoms with Gasteiger partial charge in [-0.05, 0) is 32.0 Å². The summed E-state index contributed by atoms with van der Waals surface area (Å²) in [5.74, 6) is 0.875. The van der Waals surface area contributed by atoms with E-state index in [0.29, 0.717) is 17.9 Å². The van der Waals surface area contributed by atoms with E-state index in [1.165, 1.54) is 4.31 Å². The van der Waals surface area contributed by atoms with Gasteiger partial charge in [-0.15, -0.1) is 0 Å². The fourth-order valence-corrected chi connectivity index (χ4v) is 5.00. The Hall–Kier alpha value is -2.74. The van der Waals surface area contributed by atoms with Gasteiger partial charge in [-0.2, -0.15) is 0 Å². The number of amides is 1. The van der Waals surface area contributed by atoms with Crippen molar-refractivity contribution in [3.63, 3.8) is 0 Å². The van der Waals surface area contributed by atoms with E-state index in [0.717, 1.165) is 17.6 Å². The Kier molecular flexibility index (Phi) is 5.13. The lowest BCUT2D eigenvalue weighted by Crippen LogP contribution is -2.46. The molecule has 0 aromatic heterocycles. The van der Waals surface area contributed by atoms with Crippen molar-refractivity contribution in [3.05, 3.63) is 54.1 Å². The average molecular weight is 431 g/mol. The monoisotopic (exact) mass is 430 g/mol. The van der Waals surface area contributed by atoms with Crippen molar-refractivity contribution >= 4 is 21.6 Å². The molecule has 0 bridgehead atoms. The maximum Gasteiger partial charge on any atom is 0.261 e. The molecule has 0 aliphatic carbocycles. The van der Waals surface area contributed by atoms with Crippen molar-refractivity contribution in [1.82, 2.24) is 5.32 Å². The Morgan fingerprint density at radius 3 is 2.50 bits per heavy atom. The first-order chi connectivity index (χ1) is 14.1. The van der Waals surface area contributed by atoms with Crippen LogP contribution in [-0.2, 0) is 14.8 Å². The number of ether oxygens (including phenoxy) is 2. The topological polar surface area (TPSA) is 84.9 Å². The Morgan fingerprint density at radius 2 is 1.77 bits per heavy atom. The maximum absolute atomic E-state index is 13.2. The van der Waals surface area contributed by atoms with Crippen molar-refractivity contribution in [3.8, 4) is 11.5 Å². The summed E-state index contributed by atoms with van der Waals surface area (Å²) >= 11 is 0. The molecule has 2 heterocycles. The van der Waals surface area contributed by atoms with Gasteiger partial charge in [0, 0.05) is 24.9 Å². The number of nitrogens with zero attached hydrogens (tertiary/aromatic N) is 1. The summed E-state index contributed by atoms with van der Waals surface area (Å²) in [7, 11) is -3.49. The fourth-order valence-electron chi connectivity index (χ4n) is 4.05. The highest BCUT2D eigenvalue weighted by Crippen LogP contribution is 2.39. The van der Waals surface area contributed by atoms with Crippen LogP contribution in [0.4, 0.5) is 5.69 Å². The molecule has 30 heavy (non-hydrogen) atoms. The summed E-state index contributed by atoms with van der Waals surface area (Å²) in [4.78, 5) is 13.2. The highest BCUT2D eigenvalue weighted by Gasteiger charge is 2.37. The van der Waals surface area contributed by atoms with Crippen molar-refractivity contribution in [2.75, 3.05) is 17.1 Å². The molecule has 1 amide bonds. The molecular formula is C22H26N2O5S. The highest BCUT2D eigenvalue weighted by molar-refractivity contribution is 7.92. The lowest BCUT2D eigenvalue weighted by molar-refractivity contribution is -0.129. The van der Waals surface area contributed by atoms with Crippen molar-refractivity contribution < 1.29 is 22.7 Å². The first-order valence-corrected chi connectivity index (χ1v) is 11.8. The van der Waals surface area contributed by atoms with Crippen LogP contribution in [0.5, 0.6) is 11.5 Å². The predicted molar refractivity (Wildman–Crippen MR) is 114 cm³/mol. The van der Waals surface area contributed by atoms with Crippen LogP contribution in [0, 0.1) is 0 Å². The number of sulfonamides is 1. The van der Waals surface area contributed by atoms with Crippen LogP contribution in [-0.4, -0.2) is 38.8 Å². The molecule has 2 aliphatic heterocycles. The molecule has 0 saturated heterocycles. The molecule has 0 spiro atoms. The molecule has 4 rings (SSSR count). The molecule has 0 fully saturated rings. The second-order valence-electron chi connectivity index (χ2n) is 8.36. The third kappa shape index (κ3) is 4.09. The van der Waals surface area contributed by atoms with Crippen LogP contribution >= 0.6 is 0 Å². The summed E-state index contributed by atoms with van der Waals surface area (Å²) in [6, 6.07) is 14.3. The van der Waals surface area contributed by atoms with Gasteiger partial charge in [0.2, 0.25) is 10.0 Å². The lowest BCUT2D eigenvalue weighted by Gasteiger charge is -2.38. The Balaban J connectivity index is 1.58. The summed E-state index contributed by atoms with van der Waals surface area (Å²) in [5.41, 5.74) is 0.959. The number of benzene rings is 2. The number of fused-ring (bicyclic) bond motifs is 2. The van der Waals surface area contributed by atoms with E-state index < -0.39 is 21.7 Å². The number of carbonyl (C=O) groups is 1. The molecule has 2 aromatic carbocycles. The number of nitrogens with one attached hydrogen (secondary N) is 1. The summed E-state index contributed by atoms with van der Waals surface area (Å²) in [6.07, 6.45) is 1.23. The van der Waals surface area contributed by atoms with Gasteiger partial charge in [0.15, 0.2) is 6.10 Å². The molecule has 8 heteroatoms. The summed E-state index contributed by atoms with van der Waals surface area (Å²) in [6.45, 7) is 4.15. The second kappa shape index (κ2) is 7.50. The number of hydrogen-bond donors (Lipinski definition) is 1. The molecule has 2 atom stereocenters. The van der Waals surface area contributed by atoms with E-state index in [4.69, 9.17) is 9.47 Å². The number of hydrogen-bond acceptors (Lipinski definition) is 5. The molecule has 160 valence electrons. The number of para-hydroxylation sites is 3. The van der Waals surface area contributed by atoms with Gasteiger partial charge >= 0.3 is 0 Å². The fraction of sp³-hybridized carbons (Fsp3) is 0.409. The average Bonchev–Trinajstić information content (AvgIpc) is 2.86. The van der Waals surface area contributed by atoms with Gasteiger partial charge < -0.3 is 14.8 Å². The normalized spacial score (nSPS) is 22.6. The van der Waals surface area contributed by atoms with Crippen LogP contribution in [0.2, 0.25) is 0 Å². The Bertz CT molecular complexity index is 1070. The predicted octanol–water partition coefficient (Wildman–Crippen LogP) is 3.02. The molecular weight excluding hydrogens is 404 g/mol. The smallest absolute Gasteiger partial charge is 0.261 e. The molecule has 2 aromatic rings. The van der Waals surface area contributed by atoms with Crippen LogP contribution in [0.25, 0.3) is 0 Å². The maximum atomic E-state index is 13.2. The highest BCUT2D eigenvalue weighted by atomic mass is 32.2. The van der Waals surface area contributed by atoms with Gasteiger partial charge in [-0.3, -0.25) is 9.10 Å². The molecule has 7 nitrogen and oxygen atoms in total. The van der Waals surface area contributed by atoms with Gasteiger partial charge in [0.05, 0.1) is 18.0 Å². The molecule has 1 N–H and O–H groups in total. The van der Waals surface area contributed by atoms with Gasteiger partial charge in [0.25, 0.3) is 5.91 Å². The minimum absolute atomic E-state index is 0.170. The third-order valence-electron chi connectivity index (χ3n) is 5.38. The third-order valence-corrected chi connectivity index (χ3v) is 6.56. The number of carbonyl (C=O) groups excluding carboxylic acids is 1. The zero-order valence-corrected chi connectivity index (χ0v) is 18.1. The van der Waals surface area contributed by atoms with Crippen LogP contribution < -0.4 is 19.1 Å². The molecule has 0 saturated carbocycles. The molecule has 0 radical (unpaired) electrons. The lowest BCUT2D eigenvalue weighted by atomic mass is 9.89. The van der Waals surface area contributed by atoms with Gasteiger partial charge in [-0.25, -0.2) is 8.42 Å². The SMILES string of the molecule is CC1(C)C[C@@H](NC(=O)[C@@H]2CCN(S(C)(=O)=O)c3ccccc3O2)c2ccccc2O1. The number of rotatable bonds is 3. The van der Waals surface area contributed by atoms with Crippen LogP contribution in [0.15, 0.2) is 48.5 Å². The number of anilines is 1. The minimum atomic E-state index is -3.49. The van der Waals surface area contributed by atoms with E-state index in [9.17, 15) is 13.2 Å². The largest absolute Gasteiger partial charge is 0.487 e. The Labute approximate surface area is 177 Å². The first kappa shape index (κ1) is 20.5. The van der Waals surface area contributed by atoms with Crippen LogP contribution in [0.3, 0.4) is 0 Å². The Morgan fingerprint density at radius 1 is 1.10 bits per heavy atom. The molecule has 0 unspecified atom stereocenters. The second-order valence-corrected chi connectivity index (χ2v) is 10.3. The van der Waals surface area contributed by atoms with Crippen molar-refractivity contribution in [2.24, 2.45) is 0 Å². The minimum Gasteiger partial charge on any atom is -0.487 e. The molecule has 2 aliphatic rings. The summed E-state index contributed by atoms with van der Waals surface area (Å²) in [5, 5.41) is 3.10. The zero-order valence-electron chi connectivity index (χ0n) is 17.3. The van der Waals surface area contributed by atoms with Crippen molar-refractivity contribution in [1.29, 1.82) is 0 Å². The quantitative estimate of drug-likeness (QED) is 0.809. The van der Waals surface area contributed by atoms with E-state index in [1.54, 1.807) is 24.3 Å². The zero-order chi connectivity index (χ0) is 21.5. The summed E-state index contributed by atoms with van der Waals surface area (Å²) < 4.78 is 37.8. The van der Waals surface area contributed by atoms with Crippen molar-refractivity contribution in [2.45, 2.75) is 44.4 Å². The van der Waals surface area contributed by atoms with Gasteiger partial charge in [-0.1, -0.05) is 30.3 Å². The van der Waals surface area contributed by atoms with E-state index in [-0.39, 0.29) is 24.9 Å². The van der Waals surface area contributed by atoms with E-state index in [2.05, 4.69) is 5.32 Å². The van der Waals surface area contributed by atoms with Gasteiger partial charge in [0.1, 0.15) is 17.1 Å². The first-order valence-electron chi connectivity index (χ1n) is 9.96. The van der Waals surface area contributed by atoms with Crippen LogP contribution in [0.1, 0.15) is 38.3 Å². The van der Waals surface area contributed by atoms with E-state index >= 15 is 0 Å². The van der Waals surface area contributed by atoms with E-state index in [1.807, 2.05) is 38.1 Å².